The van der Waals surface area contributed by atoms with E-state index in [0.717, 1.165) is 28.3 Å². The molecule has 198 valence electrons. The number of aliphatic imine (C=N–C) groups is 1. The highest BCUT2D eigenvalue weighted by Gasteiger charge is 2.43. The number of benzene rings is 2. The Hall–Kier alpha value is -3.98. The van der Waals surface area contributed by atoms with Gasteiger partial charge in [0.1, 0.15) is 11.7 Å². The van der Waals surface area contributed by atoms with Gasteiger partial charge in [0.25, 0.3) is 0 Å². The lowest BCUT2D eigenvalue weighted by Crippen LogP contribution is -2.36. The Bertz CT molecular complexity index is 1390. The van der Waals surface area contributed by atoms with E-state index in [-0.39, 0.29) is 13.2 Å². The quantitative estimate of drug-likeness (QED) is 0.330. The molecule has 0 radical (unpaired) electrons. The van der Waals surface area contributed by atoms with Crippen molar-refractivity contribution in [2.24, 2.45) is 10.9 Å². The van der Waals surface area contributed by atoms with Crippen LogP contribution in [0.2, 0.25) is 0 Å². The average Bonchev–Trinajstić information content (AvgIpc) is 3.37. The molecule has 0 aliphatic carbocycles. The van der Waals surface area contributed by atoms with Gasteiger partial charge in [0.15, 0.2) is 5.13 Å². The summed E-state index contributed by atoms with van der Waals surface area (Å²) in [5.41, 5.74) is 4.58. The van der Waals surface area contributed by atoms with Gasteiger partial charge >= 0.3 is 11.9 Å². The van der Waals surface area contributed by atoms with E-state index >= 15 is 0 Å². The number of methoxy groups -OCH3 is 1. The molecule has 1 N–H and O–H groups in total. The van der Waals surface area contributed by atoms with E-state index in [1.54, 1.807) is 34.8 Å². The molecule has 4 rings (SSSR count). The van der Waals surface area contributed by atoms with Crippen LogP contribution in [0, 0.1) is 5.92 Å². The van der Waals surface area contributed by atoms with Gasteiger partial charge in [0, 0.05) is 34.0 Å². The molecule has 0 amide bonds. The number of ether oxygens (including phenoxy) is 3. The van der Waals surface area contributed by atoms with Crippen molar-refractivity contribution in [3.63, 3.8) is 0 Å². The predicted octanol–water partition coefficient (Wildman–Crippen LogP) is 6.14. The number of anilines is 2. The fourth-order valence-corrected chi connectivity index (χ4v) is 5.42. The number of hydrogen-bond donors (Lipinski definition) is 1. The van der Waals surface area contributed by atoms with Crippen LogP contribution in [0.5, 0.6) is 5.75 Å². The first-order valence-electron chi connectivity index (χ1n) is 12.4. The zero-order valence-electron chi connectivity index (χ0n) is 22.1. The third-order valence-electron chi connectivity index (χ3n) is 6.29. The summed E-state index contributed by atoms with van der Waals surface area (Å²) >= 11 is 1.45. The van der Waals surface area contributed by atoms with Crippen molar-refractivity contribution < 1.29 is 23.8 Å². The van der Waals surface area contributed by atoms with Crippen LogP contribution in [-0.4, -0.2) is 43.0 Å². The molecule has 2 atom stereocenters. The van der Waals surface area contributed by atoms with Crippen LogP contribution < -0.4 is 10.1 Å². The Morgan fingerprint density at radius 2 is 1.71 bits per heavy atom. The highest BCUT2D eigenvalue weighted by molar-refractivity contribution is 7.14. The van der Waals surface area contributed by atoms with Crippen LogP contribution in [0.4, 0.5) is 10.8 Å². The zero-order chi connectivity index (χ0) is 27.2. The second kappa shape index (κ2) is 12.0. The third kappa shape index (κ3) is 5.47. The van der Waals surface area contributed by atoms with Crippen LogP contribution in [0.1, 0.15) is 39.2 Å². The van der Waals surface area contributed by atoms with Gasteiger partial charge in [-0.1, -0.05) is 30.3 Å². The van der Waals surface area contributed by atoms with Gasteiger partial charge in [-0.05, 0) is 51.5 Å². The van der Waals surface area contributed by atoms with Gasteiger partial charge in [0.05, 0.1) is 31.6 Å². The molecule has 8 nitrogen and oxygen atoms in total. The van der Waals surface area contributed by atoms with Crippen molar-refractivity contribution >= 4 is 39.8 Å². The number of para-hydroxylation sites is 2. The topological polar surface area (TPSA) is 99.1 Å². The van der Waals surface area contributed by atoms with Crippen LogP contribution in [0.25, 0.3) is 11.3 Å². The lowest BCUT2D eigenvalue weighted by molar-refractivity contribution is -0.146. The maximum atomic E-state index is 13.2. The number of nitrogens with one attached hydrogen (secondary N) is 1. The van der Waals surface area contributed by atoms with Crippen molar-refractivity contribution in [1.82, 2.24) is 4.98 Å². The molecule has 0 saturated carbocycles. The standard InChI is InChI=1S/C29H31N3O5S/c1-6-36-27(33)24-17(3)30-18(4)25(28(34)37-7-2)26(24)20-13-8-10-14-21(20)31-29-32-22(16-38-29)19-12-9-11-15-23(19)35-5/h8-16,24,26H,6-7H2,1-5H3,(H,31,32). The second-order valence-electron chi connectivity index (χ2n) is 8.63. The minimum absolute atomic E-state index is 0.208. The number of carbonyl (C=O) groups excluding carboxylic acids is 2. The van der Waals surface area contributed by atoms with Gasteiger partial charge in [-0.25, -0.2) is 9.78 Å². The van der Waals surface area contributed by atoms with Gasteiger partial charge in [0.2, 0.25) is 0 Å². The summed E-state index contributed by atoms with van der Waals surface area (Å²) in [5, 5.41) is 6.02. The molecule has 2 unspecified atom stereocenters. The summed E-state index contributed by atoms with van der Waals surface area (Å²) < 4.78 is 16.3. The Morgan fingerprint density at radius 3 is 2.45 bits per heavy atom. The maximum absolute atomic E-state index is 13.2. The first-order valence-corrected chi connectivity index (χ1v) is 13.3. The minimum atomic E-state index is -0.776. The fourth-order valence-electron chi connectivity index (χ4n) is 4.69. The monoisotopic (exact) mass is 533 g/mol. The van der Waals surface area contributed by atoms with E-state index in [2.05, 4.69) is 10.3 Å². The molecule has 0 fully saturated rings. The average molecular weight is 534 g/mol. The molecule has 0 saturated heterocycles. The van der Waals surface area contributed by atoms with E-state index in [4.69, 9.17) is 19.2 Å². The molecule has 1 aromatic heterocycles. The summed E-state index contributed by atoms with van der Waals surface area (Å²) in [4.78, 5) is 35.7. The number of rotatable bonds is 9. The Kier molecular flexibility index (Phi) is 8.58. The summed E-state index contributed by atoms with van der Waals surface area (Å²) in [5.74, 6) is -1.62. The number of esters is 2. The van der Waals surface area contributed by atoms with Gasteiger partial charge in [-0.3, -0.25) is 9.79 Å². The summed E-state index contributed by atoms with van der Waals surface area (Å²) in [7, 11) is 1.63. The Labute approximate surface area is 226 Å². The summed E-state index contributed by atoms with van der Waals surface area (Å²) in [6.45, 7) is 7.49. The molecule has 1 aliphatic heterocycles. The van der Waals surface area contributed by atoms with E-state index in [9.17, 15) is 9.59 Å². The fraction of sp³-hybridized carbons (Fsp3) is 0.310. The highest BCUT2D eigenvalue weighted by Crippen LogP contribution is 2.44. The minimum Gasteiger partial charge on any atom is -0.496 e. The van der Waals surface area contributed by atoms with Crippen molar-refractivity contribution in [3.05, 3.63) is 70.7 Å². The van der Waals surface area contributed by atoms with E-state index in [1.165, 1.54) is 11.3 Å². The molecule has 9 heteroatoms. The van der Waals surface area contributed by atoms with Crippen LogP contribution in [-0.2, 0) is 19.1 Å². The molecule has 2 aromatic carbocycles. The zero-order valence-corrected chi connectivity index (χ0v) is 22.9. The van der Waals surface area contributed by atoms with Crippen molar-refractivity contribution in [2.75, 3.05) is 25.6 Å². The number of nitrogens with zero attached hydrogens (tertiary/aromatic N) is 2. The normalized spacial score (nSPS) is 17.0. The Balaban J connectivity index is 1.77. The molecular formula is C29H31N3O5S. The van der Waals surface area contributed by atoms with E-state index in [0.29, 0.717) is 22.1 Å². The number of aromatic nitrogens is 1. The summed E-state index contributed by atoms with van der Waals surface area (Å²) in [6.07, 6.45) is 0. The smallest absolute Gasteiger partial charge is 0.336 e. The van der Waals surface area contributed by atoms with Crippen LogP contribution >= 0.6 is 11.3 Å². The maximum Gasteiger partial charge on any atom is 0.336 e. The molecule has 3 aromatic rings. The van der Waals surface area contributed by atoms with E-state index < -0.39 is 23.8 Å². The SMILES string of the molecule is CCOC(=O)C1=C(C)N=C(C)C(C(=O)OCC)C1c1ccccc1Nc1nc(-c2ccccc2OC)cs1. The largest absolute Gasteiger partial charge is 0.496 e. The van der Waals surface area contributed by atoms with Gasteiger partial charge in [-0.15, -0.1) is 11.3 Å². The molecule has 38 heavy (non-hydrogen) atoms. The lowest BCUT2D eigenvalue weighted by atomic mass is 9.75. The number of carbonyl (C=O) groups is 2. The van der Waals surface area contributed by atoms with Crippen LogP contribution in [0.3, 0.4) is 0 Å². The second-order valence-corrected chi connectivity index (χ2v) is 9.49. The van der Waals surface area contributed by atoms with Crippen molar-refractivity contribution in [3.8, 4) is 17.0 Å². The van der Waals surface area contributed by atoms with E-state index in [1.807, 2.05) is 53.9 Å². The lowest BCUT2D eigenvalue weighted by Gasteiger charge is -2.32. The first kappa shape index (κ1) is 27.1. The summed E-state index contributed by atoms with van der Waals surface area (Å²) in [6, 6.07) is 15.3. The van der Waals surface area contributed by atoms with Gasteiger partial charge < -0.3 is 19.5 Å². The number of allylic oxidation sites excluding steroid dienone is 1. The van der Waals surface area contributed by atoms with Crippen LogP contribution in [0.15, 0.2) is 70.2 Å². The molecule has 0 bridgehead atoms. The molecule has 1 aliphatic rings. The van der Waals surface area contributed by atoms with Crippen molar-refractivity contribution in [2.45, 2.75) is 33.6 Å². The molecule has 2 heterocycles. The van der Waals surface area contributed by atoms with Crippen molar-refractivity contribution in [1.29, 1.82) is 0 Å². The predicted molar refractivity (Wildman–Crippen MR) is 149 cm³/mol. The number of thiazole rings is 1. The number of hydrogen-bond acceptors (Lipinski definition) is 9. The third-order valence-corrected chi connectivity index (χ3v) is 7.05. The molecular weight excluding hydrogens is 502 g/mol. The first-order chi connectivity index (χ1) is 18.4. The Morgan fingerprint density at radius 1 is 1.00 bits per heavy atom. The molecule has 0 spiro atoms. The highest BCUT2D eigenvalue weighted by atomic mass is 32.1. The van der Waals surface area contributed by atoms with Gasteiger partial charge in [-0.2, -0.15) is 0 Å².